The monoisotopic (exact) mass is 456 g/mol. The van der Waals surface area contributed by atoms with Gasteiger partial charge in [0.2, 0.25) is 0 Å². The molecule has 0 unspecified atom stereocenters. The molecule has 0 atom stereocenters. The average molecular weight is 458 g/mol. The highest BCUT2D eigenvalue weighted by molar-refractivity contribution is 7.80. The molecule has 0 saturated carbocycles. The van der Waals surface area contributed by atoms with Gasteiger partial charge in [-0.15, -0.1) is 0 Å². The predicted octanol–water partition coefficient (Wildman–Crippen LogP) is 6.46. The van der Waals surface area contributed by atoms with Crippen LogP contribution in [-0.2, 0) is 6.54 Å². The van der Waals surface area contributed by atoms with Crippen LogP contribution < -0.4 is 10.6 Å². The zero-order chi connectivity index (χ0) is 20.4. The Bertz CT molecular complexity index is 1030. The zero-order valence-corrected chi connectivity index (χ0v) is 18.1. The van der Waals surface area contributed by atoms with Crippen molar-refractivity contribution in [2.45, 2.75) is 20.4 Å². The van der Waals surface area contributed by atoms with Crippen molar-refractivity contribution in [3.63, 3.8) is 0 Å². The molecule has 0 aliphatic rings. The summed E-state index contributed by atoms with van der Waals surface area (Å²) in [5.41, 5.74) is 3.78. The van der Waals surface area contributed by atoms with Crippen LogP contribution in [0.25, 0.3) is 0 Å². The molecule has 2 aromatic carbocycles. The Morgan fingerprint density at radius 2 is 1.75 bits per heavy atom. The molecule has 28 heavy (non-hydrogen) atoms. The summed E-state index contributed by atoms with van der Waals surface area (Å²) < 4.78 is 15.1. The summed E-state index contributed by atoms with van der Waals surface area (Å²) in [7, 11) is 0. The van der Waals surface area contributed by atoms with Crippen molar-refractivity contribution in [1.82, 2.24) is 9.78 Å². The van der Waals surface area contributed by atoms with E-state index in [1.807, 2.05) is 18.5 Å². The third-order valence-corrected chi connectivity index (χ3v) is 5.37. The smallest absolute Gasteiger partial charge is 0.175 e. The lowest BCUT2D eigenvalue weighted by Gasteiger charge is -2.12. The molecule has 0 aliphatic heterocycles. The summed E-state index contributed by atoms with van der Waals surface area (Å²) in [5.74, 6) is -0.489. The van der Waals surface area contributed by atoms with Gasteiger partial charge in [-0.25, -0.2) is 4.39 Å². The first kappa shape index (κ1) is 20.9. The van der Waals surface area contributed by atoms with Crippen molar-refractivity contribution in [3.05, 3.63) is 74.2 Å². The third-order valence-electron chi connectivity index (χ3n) is 4.17. The van der Waals surface area contributed by atoms with E-state index in [1.54, 1.807) is 24.3 Å². The van der Waals surface area contributed by atoms with Crippen molar-refractivity contribution in [2.24, 2.45) is 0 Å². The molecule has 1 aromatic heterocycles. The van der Waals surface area contributed by atoms with Crippen molar-refractivity contribution >= 4 is 63.5 Å². The van der Waals surface area contributed by atoms with E-state index < -0.39 is 5.82 Å². The van der Waals surface area contributed by atoms with Crippen LogP contribution in [-0.4, -0.2) is 14.9 Å². The van der Waals surface area contributed by atoms with Crippen LogP contribution in [0.1, 0.15) is 17.0 Å². The van der Waals surface area contributed by atoms with Gasteiger partial charge in [-0.1, -0.05) is 40.9 Å². The summed E-state index contributed by atoms with van der Waals surface area (Å²) in [6.45, 7) is 4.22. The molecule has 0 spiro atoms. The molecule has 0 fully saturated rings. The normalized spacial score (nSPS) is 10.8. The second kappa shape index (κ2) is 8.66. The van der Waals surface area contributed by atoms with Crippen LogP contribution in [0.5, 0.6) is 0 Å². The van der Waals surface area contributed by atoms with Crippen molar-refractivity contribution in [3.8, 4) is 0 Å². The van der Waals surface area contributed by atoms with Crippen LogP contribution >= 0.6 is 47.0 Å². The first-order chi connectivity index (χ1) is 13.3. The Morgan fingerprint density at radius 3 is 2.39 bits per heavy atom. The van der Waals surface area contributed by atoms with Gasteiger partial charge >= 0.3 is 0 Å². The highest BCUT2D eigenvalue weighted by Gasteiger charge is 2.15. The lowest BCUT2D eigenvalue weighted by atomic mass is 10.2. The molecular weight excluding hydrogens is 442 g/mol. The quantitative estimate of drug-likeness (QED) is 0.441. The lowest BCUT2D eigenvalue weighted by molar-refractivity contribution is 0.628. The summed E-state index contributed by atoms with van der Waals surface area (Å²) in [4.78, 5) is 0. The fourth-order valence-electron chi connectivity index (χ4n) is 2.71. The number of hydrogen-bond acceptors (Lipinski definition) is 2. The van der Waals surface area contributed by atoms with Crippen molar-refractivity contribution in [1.29, 1.82) is 0 Å². The number of halogens is 4. The number of anilines is 2. The summed E-state index contributed by atoms with van der Waals surface area (Å²) in [6.07, 6.45) is 0. The number of thiocarbonyl (C=S) groups is 1. The molecule has 3 rings (SSSR count). The van der Waals surface area contributed by atoms with Gasteiger partial charge in [0.05, 0.1) is 28.6 Å². The number of aryl methyl sites for hydroxylation is 1. The van der Waals surface area contributed by atoms with Crippen LogP contribution in [0.2, 0.25) is 15.1 Å². The van der Waals surface area contributed by atoms with Crippen LogP contribution in [0.4, 0.5) is 15.8 Å². The van der Waals surface area contributed by atoms with E-state index in [4.69, 9.17) is 47.0 Å². The molecule has 9 heteroatoms. The molecule has 2 N–H and O–H groups in total. The lowest BCUT2D eigenvalue weighted by Crippen LogP contribution is -2.20. The minimum Gasteiger partial charge on any atom is -0.332 e. The Morgan fingerprint density at radius 1 is 1.07 bits per heavy atom. The number of hydrogen-bond donors (Lipinski definition) is 2. The average Bonchev–Trinajstić information content (AvgIpc) is 2.89. The maximum Gasteiger partial charge on any atom is 0.175 e. The number of aromatic nitrogens is 2. The zero-order valence-electron chi connectivity index (χ0n) is 15.0. The number of nitrogens with one attached hydrogen (secondary N) is 2. The minimum atomic E-state index is -0.489. The Hall–Kier alpha value is -1.86. The fraction of sp³-hybridized carbons (Fsp3) is 0.158. The first-order valence-electron chi connectivity index (χ1n) is 8.26. The van der Waals surface area contributed by atoms with Crippen LogP contribution in [0.15, 0.2) is 36.4 Å². The molecule has 4 nitrogen and oxygen atoms in total. The fourth-order valence-corrected chi connectivity index (χ4v) is 3.63. The van der Waals surface area contributed by atoms with Crippen LogP contribution in [0.3, 0.4) is 0 Å². The molecule has 0 radical (unpaired) electrons. The second-order valence-corrected chi connectivity index (χ2v) is 7.74. The number of benzene rings is 2. The van der Waals surface area contributed by atoms with E-state index in [2.05, 4.69) is 15.7 Å². The highest BCUT2D eigenvalue weighted by Crippen LogP contribution is 2.28. The molecule has 0 amide bonds. The maximum absolute atomic E-state index is 13.3. The van der Waals surface area contributed by atoms with Gasteiger partial charge in [0.25, 0.3) is 0 Å². The van der Waals surface area contributed by atoms with E-state index in [0.29, 0.717) is 27.4 Å². The summed E-state index contributed by atoms with van der Waals surface area (Å²) in [6, 6.07) is 9.68. The minimum absolute atomic E-state index is 0.0181. The van der Waals surface area contributed by atoms with Gasteiger partial charge in [-0.05, 0) is 56.4 Å². The molecule has 1 heterocycles. The molecule has 0 bridgehead atoms. The topological polar surface area (TPSA) is 41.9 Å². The number of rotatable bonds is 4. The van der Waals surface area contributed by atoms with Gasteiger partial charge < -0.3 is 10.6 Å². The second-order valence-electron chi connectivity index (χ2n) is 6.11. The number of nitrogens with zero attached hydrogens (tertiary/aromatic N) is 2. The highest BCUT2D eigenvalue weighted by atomic mass is 35.5. The molecular formula is C19H16Cl3FN4S. The standard InChI is InChI=1S/C19H16Cl3FN4S/c1-10-18(25-19(28)24-12-6-7-17(23)16(22)8-12)11(2)27(26-10)9-13-14(20)4-3-5-15(13)21/h3-8H,9H2,1-2H3,(H2,24,25,28). The Labute approximate surface area is 182 Å². The Balaban J connectivity index is 1.78. The third kappa shape index (κ3) is 4.58. The van der Waals surface area contributed by atoms with E-state index in [-0.39, 0.29) is 5.02 Å². The van der Waals surface area contributed by atoms with E-state index in [1.165, 1.54) is 12.1 Å². The van der Waals surface area contributed by atoms with E-state index in [0.717, 1.165) is 22.6 Å². The maximum atomic E-state index is 13.3. The first-order valence-corrected chi connectivity index (χ1v) is 9.80. The predicted molar refractivity (Wildman–Crippen MR) is 119 cm³/mol. The van der Waals surface area contributed by atoms with Crippen molar-refractivity contribution in [2.75, 3.05) is 10.6 Å². The molecule has 3 aromatic rings. The van der Waals surface area contributed by atoms with Gasteiger partial charge in [0, 0.05) is 21.3 Å². The summed E-state index contributed by atoms with van der Waals surface area (Å²) in [5, 5.41) is 12.2. The van der Waals surface area contributed by atoms with Gasteiger partial charge in [-0.3, -0.25) is 4.68 Å². The van der Waals surface area contributed by atoms with Gasteiger partial charge in [0.1, 0.15) is 5.82 Å². The molecule has 146 valence electrons. The van der Waals surface area contributed by atoms with Crippen LogP contribution in [0, 0.1) is 19.7 Å². The van der Waals surface area contributed by atoms with E-state index >= 15 is 0 Å². The Kier molecular flexibility index (Phi) is 6.45. The van der Waals surface area contributed by atoms with Gasteiger partial charge in [-0.2, -0.15) is 5.10 Å². The molecule has 0 aliphatic carbocycles. The van der Waals surface area contributed by atoms with Gasteiger partial charge in [0.15, 0.2) is 5.11 Å². The largest absolute Gasteiger partial charge is 0.332 e. The van der Waals surface area contributed by atoms with E-state index in [9.17, 15) is 4.39 Å². The SMILES string of the molecule is Cc1nn(Cc2c(Cl)cccc2Cl)c(C)c1NC(=S)Nc1ccc(F)c(Cl)c1. The summed E-state index contributed by atoms with van der Waals surface area (Å²) >= 11 is 23.7. The van der Waals surface area contributed by atoms with Crippen molar-refractivity contribution < 1.29 is 4.39 Å². The molecule has 0 saturated heterocycles.